The Balaban J connectivity index is 0.00000380. The standard InChI is InChI=1S/C26H29F3N2O5.ClH/c1-2-35-22(25(33)34)12-16-6-8-19(9-7-16)36-11-10-30-23-20-14-31(15-21(20)23)24(32)17-4-3-5-18(13-17)26(27,28)29;/h3-9,13,20-23,30H,2,10-12,14-15H2,1H3,(H,33,34);1H/t20-,21?,22-,23?;/m0./s1. The van der Waals surface area contributed by atoms with Crippen LogP contribution in [0, 0.1) is 11.8 Å². The van der Waals surface area contributed by atoms with Crippen molar-refractivity contribution < 1.29 is 37.3 Å². The third kappa shape index (κ3) is 7.15. The van der Waals surface area contributed by atoms with Gasteiger partial charge in [-0.05, 0) is 54.7 Å². The molecule has 4 atom stereocenters. The summed E-state index contributed by atoms with van der Waals surface area (Å²) in [5.74, 6) is -0.0817. The number of benzene rings is 2. The fraction of sp³-hybridized carbons (Fsp3) is 0.462. The first kappa shape index (κ1) is 28.7. The van der Waals surface area contributed by atoms with E-state index >= 15 is 0 Å². The third-order valence-electron chi connectivity index (χ3n) is 6.66. The molecular weight excluding hydrogens is 513 g/mol. The molecule has 2 aliphatic rings. The average molecular weight is 543 g/mol. The molecule has 11 heteroatoms. The Morgan fingerprint density at radius 1 is 1.14 bits per heavy atom. The largest absolute Gasteiger partial charge is 0.492 e. The number of hydrogen-bond acceptors (Lipinski definition) is 5. The van der Waals surface area contributed by atoms with Gasteiger partial charge < -0.3 is 24.8 Å². The van der Waals surface area contributed by atoms with E-state index in [2.05, 4.69) is 5.32 Å². The van der Waals surface area contributed by atoms with Gasteiger partial charge in [0.15, 0.2) is 6.10 Å². The lowest BCUT2D eigenvalue weighted by atomic mass is 10.1. The molecule has 2 N–H and O–H groups in total. The highest BCUT2D eigenvalue weighted by Crippen LogP contribution is 2.45. The molecule has 0 aromatic heterocycles. The zero-order valence-electron chi connectivity index (χ0n) is 20.2. The van der Waals surface area contributed by atoms with E-state index in [4.69, 9.17) is 9.47 Å². The minimum atomic E-state index is -4.48. The number of aliphatic carboxylic acids is 1. The molecule has 37 heavy (non-hydrogen) atoms. The van der Waals surface area contributed by atoms with Crippen molar-refractivity contribution in [3.05, 3.63) is 65.2 Å². The van der Waals surface area contributed by atoms with Crippen LogP contribution in [-0.2, 0) is 22.1 Å². The van der Waals surface area contributed by atoms with Crippen molar-refractivity contribution in [2.75, 3.05) is 32.8 Å². The van der Waals surface area contributed by atoms with Crippen molar-refractivity contribution >= 4 is 24.3 Å². The number of carbonyl (C=O) groups excluding carboxylic acids is 1. The highest BCUT2D eigenvalue weighted by molar-refractivity contribution is 5.94. The van der Waals surface area contributed by atoms with Gasteiger partial charge in [-0.2, -0.15) is 13.2 Å². The fourth-order valence-electron chi connectivity index (χ4n) is 4.76. The number of piperidine rings is 1. The Morgan fingerprint density at radius 2 is 1.81 bits per heavy atom. The molecule has 0 bridgehead atoms. The van der Waals surface area contributed by atoms with Gasteiger partial charge in [0, 0.05) is 44.3 Å². The molecule has 0 spiro atoms. The van der Waals surface area contributed by atoms with Crippen LogP contribution in [0.15, 0.2) is 48.5 Å². The number of carboxylic acids is 1. The van der Waals surface area contributed by atoms with Gasteiger partial charge in [-0.3, -0.25) is 4.79 Å². The first-order chi connectivity index (χ1) is 17.2. The number of fused-ring (bicyclic) bond motifs is 1. The molecule has 1 saturated heterocycles. The number of nitrogens with one attached hydrogen (secondary N) is 1. The Bertz CT molecular complexity index is 1070. The van der Waals surface area contributed by atoms with E-state index in [1.165, 1.54) is 12.1 Å². The van der Waals surface area contributed by atoms with Crippen molar-refractivity contribution in [2.24, 2.45) is 11.8 Å². The van der Waals surface area contributed by atoms with E-state index in [1.807, 2.05) is 12.1 Å². The third-order valence-corrected chi connectivity index (χ3v) is 6.66. The smallest absolute Gasteiger partial charge is 0.416 e. The molecule has 1 saturated carbocycles. The summed E-state index contributed by atoms with van der Waals surface area (Å²) >= 11 is 0. The Hall–Kier alpha value is -2.82. The molecule has 1 aliphatic carbocycles. The van der Waals surface area contributed by atoms with E-state index < -0.39 is 23.8 Å². The highest BCUT2D eigenvalue weighted by Gasteiger charge is 2.56. The van der Waals surface area contributed by atoms with E-state index in [0.717, 1.165) is 17.7 Å². The van der Waals surface area contributed by atoms with Crippen molar-refractivity contribution in [1.82, 2.24) is 10.2 Å². The second-order valence-electron chi connectivity index (χ2n) is 9.08. The molecule has 1 heterocycles. The van der Waals surface area contributed by atoms with Crippen LogP contribution in [-0.4, -0.2) is 66.9 Å². The van der Waals surface area contributed by atoms with Crippen molar-refractivity contribution in [3.8, 4) is 5.75 Å². The van der Waals surface area contributed by atoms with Gasteiger partial charge in [-0.15, -0.1) is 12.4 Å². The Labute approximate surface area is 219 Å². The van der Waals surface area contributed by atoms with Gasteiger partial charge >= 0.3 is 12.1 Å². The maximum Gasteiger partial charge on any atom is 0.416 e. The van der Waals surface area contributed by atoms with Crippen molar-refractivity contribution in [1.29, 1.82) is 0 Å². The zero-order valence-corrected chi connectivity index (χ0v) is 21.1. The van der Waals surface area contributed by atoms with E-state index in [1.54, 1.807) is 24.0 Å². The lowest BCUT2D eigenvalue weighted by Crippen LogP contribution is -2.36. The predicted molar refractivity (Wildman–Crippen MR) is 132 cm³/mol. The first-order valence-electron chi connectivity index (χ1n) is 11.9. The normalized spacial score (nSPS) is 21.1. The number of halogens is 4. The van der Waals surface area contributed by atoms with Gasteiger partial charge in [-0.1, -0.05) is 18.2 Å². The molecule has 1 aliphatic heterocycles. The number of carboxylic acid groups (broad SMARTS) is 1. The molecule has 2 fully saturated rings. The number of alkyl halides is 3. The number of nitrogens with zero attached hydrogens (tertiary/aromatic N) is 1. The summed E-state index contributed by atoms with van der Waals surface area (Å²) in [6, 6.07) is 12.1. The quantitative estimate of drug-likeness (QED) is 0.419. The second-order valence-corrected chi connectivity index (χ2v) is 9.08. The number of likely N-dealkylation sites (tertiary alicyclic amines) is 1. The minimum Gasteiger partial charge on any atom is -0.492 e. The van der Waals surface area contributed by atoms with E-state index in [9.17, 15) is 27.9 Å². The van der Waals surface area contributed by atoms with Crippen LogP contribution in [0.25, 0.3) is 0 Å². The summed E-state index contributed by atoms with van der Waals surface area (Å²) < 4.78 is 49.8. The SMILES string of the molecule is CCO[C@@H](Cc1ccc(OCCNC2C3CN(C(=O)c4cccc(C(F)(F)F)c4)C[C@@H]32)cc1)C(=O)O.Cl. The second kappa shape index (κ2) is 12.1. The summed E-state index contributed by atoms with van der Waals surface area (Å²) in [6.07, 6.45) is -5.07. The number of hydrogen-bond donors (Lipinski definition) is 2. The molecule has 2 aromatic carbocycles. The summed E-state index contributed by atoms with van der Waals surface area (Å²) in [6.45, 7) is 4.20. The van der Waals surface area contributed by atoms with Gasteiger partial charge in [0.05, 0.1) is 5.56 Å². The maximum atomic E-state index is 12.9. The fourth-order valence-corrected chi connectivity index (χ4v) is 4.76. The summed E-state index contributed by atoms with van der Waals surface area (Å²) in [7, 11) is 0. The predicted octanol–water partition coefficient (Wildman–Crippen LogP) is 3.90. The van der Waals surface area contributed by atoms with Crippen molar-refractivity contribution in [2.45, 2.75) is 31.7 Å². The number of carbonyl (C=O) groups is 2. The number of rotatable bonds is 11. The van der Waals surface area contributed by atoms with Crippen LogP contribution in [0.5, 0.6) is 5.75 Å². The molecule has 0 radical (unpaired) electrons. The van der Waals surface area contributed by atoms with E-state index in [-0.39, 0.29) is 36.3 Å². The van der Waals surface area contributed by atoms with Gasteiger partial charge in [0.2, 0.25) is 0 Å². The lowest BCUT2D eigenvalue weighted by molar-refractivity contribution is -0.150. The van der Waals surface area contributed by atoms with Crippen LogP contribution in [0.1, 0.15) is 28.4 Å². The molecule has 2 aromatic rings. The van der Waals surface area contributed by atoms with Crippen LogP contribution in [0.3, 0.4) is 0 Å². The molecular formula is C26H30ClF3N2O5. The first-order valence-corrected chi connectivity index (χ1v) is 11.9. The minimum absolute atomic E-state index is 0. The number of amides is 1. The maximum absolute atomic E-state index is 12.9. The van der Waals surface area contributed by atoms with Gasteiger partial charge in [-0.25, -0.2) is 4.79 Å². The summed E-state index contributed by atoms with van der Waals surface area (Å²) in [4.78, 5) is 25.5. The summed E-state index contributed by atoms with van der Waals surface area (Å²) in [5.41, 5.74) is 0.0876. The Morgan fingerprint density at radius 3 is 2.41 bits per heavy atom. The van der Waals surface area contributed by atoms with Gasteiger partial charge in [0.1, 0.15) is 12.4 Å². The highest BCUT2D eigenvalue weighted by atomic mass is 35.5. The van der Waals surface area contributed by atoms with Crippen LogP contribution in [0.2, 0.25) is 0 Å². The average Bonchev–Trinajstić information content (AvgIpc) is 3.29. The van der Waals surface area contributed by atoms with Gasteiger partial charge in [0.25, 0.3) is 5.91 Å². The zero-order chi connectivity index (χ0) is 25.9. The van der Waals surface area contributed by atoms with E-state index in [0.29, 0.717) is 50.4 Å². The Kier molecular flexibility index (Phi) is 9.44. The topological polar surface area (TPSA) is 88.1 Å². The summed E-state index contributed by atoms with van der Waals surface area (Å²) in [5, 5.41) is 12.6. The van der Waals surface area contributed by atoms with Crippen LogP contribution >= 0.6 is 12.4 Å². The molecule has 2 unspecified atom stereocenters. The molecule has 202 valence electrons. The molecule has 1 amide bonds. The molecule has 7 nitrogen and oxygen atoms in total. The van der Waals surface area contributed by atoms with Crippen molar-refractivity contribution in [3.63, 3.8) is 0 Å². The number of ether oxygens (including phenoxy) is 2. The van der Waals surface area contributed by atoms with Crippen LogP contribution < -0.4 is 10.1 Å². The van der Waals surface area contributed by atoms with Crippen LogP contribution in [0.4, 0.5) is 13.2 Å². The monoisotopic (exact) mass is 542 g/mol. The molecule has 4 rings (SSSR count). The lowest BCUT2D eigenvalue weighted by Gasteiger charge is -2.21.